The molecule has 0 heterocycles. The van der Waals surface area contributed by atoms with Gasteiger partial charge in [-0.2, -0.15) is 5.26 Å². The van der Waals surface area contributed by atoms with E-state index >= 15 is 0 Å². The minimum Gasteiger partial charge on any atom is -0.497 e. The molecule has 4 nitrogen and oxygen atoms in total. The molecule has 1 atom stereocenters. The number of benzene rings is 1. The second-order valence-corrected chi connectivity index (χ2v) is 6.47. The highest BCUT2D eigenvalue weighted by Gasteiger charge is 2.42. The van der Waals surface area contributed by atoms with Crippen LogP contribution in [0.4, 0.5) is 0 Å². The van der Waals surface area contributed by atoms with Gasteiger partial charge >= 0.3 is 0 Å². The lowest BCUT2D eigenvalue weighted by molar-refractivity contribution is -0.119. The van der Waals surface area contributed by atoms with E-state index < -0.39 is 5.54 Å². The highest BCUT2D eigenvalue weighted by Crippen LogP contribution is 2.39. The third-order valence-electron chi connectivity index (χ3n) is 3.66. The number of ether oxygens (including phenoxy) is 1. The second kappa shape index (κ2) is 6.86. The molecule has 1 fully saturated rings. The summed E-state index contributed by atoms with van der Waals surface area (Å²) >= 11 is 1.54. The SMILES string of the molecule is COc1cccc(CSCC(=O)N[C@@](C)(C#N)C2CC2)c1. The van der Waals surface area contributed by atoms with Gasteiger partial charge in [0.05, 0.1) is 18.9 Å². The van der Waals surface area contributed by atoms with E-state index in [1.807, 2.05) is 31.2 Å². The third kappa shape index (κ3) is 4.40. The highest BCUT2D eigenvalue weighted by molar-refractivity contribution is 7.99. The maximum absolute atomic E-state index is 12.0. The molecule has 0 radical (unpaired) electrons. The molecule has 1 aromatic rings. The molecule has 1 aliphatic carbocycles. The summed E-state index contributed by atoms with van der Waals surface area (Å²) in [6, 6.07) is 10.1. The van der Waals surface area contributed by atoms with Gasteiger partial charge in [0.15, 0.2) is 0 Å². The zero-order valence-corrected chi connectivity index (χ0v) is 13.2. The Morgan fingerprint density at radius 1 is 1.57 bits per heavy atom. The normalized spacial score (nSPS) is 16.6. The number of hydrogen-bond acceptors (Lipinski definition) is 4. The molecule has 0 spiro atoms. The van der Waals surface area contributed by atoms with Crippen molar-refractivity contribution in [3.8, 4) is 11.8 Å². The van der Waals surface area contributed by atoms with Crippen LogP contribution in [0.5, 0.6) is 5.75 Å². The molecule has 0 unspecified atom stereocenters. The summed E-state index contributed by atoms with van der Waals surface area (Å²) in [5.74, 6) is 2.18. The molecule has 0 saturated heterocycles. The molecule has 1 saturated carbocycles. The van der Waals surface area contributed by atoms with Crippen molar-refractivity contribution in [2.24, 2.45) is 5.92 Å². The number of hydrogen-bond donors (Lipinski definition) is 1. The third-order valence-corrected chi connectivity index (χ3v) is 4.66. The van der Waals surface area contributed by atoms with Crippen molar-refractivity contribution in [2.75, 3.05) is 12.9 Å². The van der Waals surface area contributed by atoms with E-state index in [0.29, 0.717) is 11.7 Å². The predicted molar refractivity (Wildman–Crippen MR) is 84.0 cm³/mol. The van der Waals surface area contributed by atoms with Crippen molar-refractivity contribution in [3.05, 3.63) is 29.8 Å². The number of nitrogens with one attached hydrogen (secondary N) is 1. The fourth-order valence-corrected chi connectivity index (χ4v) is 3.01. The van der Waals surface area contributed by atoms with E-state index in [2.05, 4.69) is 11.4 Å². The maximum Gasteiger partial charge on any atom is 0.231 e. The lowest BCUT2D eigenvalue weighted by atomic mass is 9.98. The van der Waals surface area contributed by atoms with E-state index in [1.165, 1.54) is 11.8 Å². The van der Waals surface area contributed by atoms with Crippen LogP contribution < -0.4 is 10.1 Å². The fraction of sp³-hybridized carbons (Fsp3) is 0.500. The van der Waals surface area contributed by atoms with Crippen molar-refractivity contribution >= 4 is 17.7 Å². The molecule has 1 aliphatic rings. The van der Waals surface area contributed by atoms with E-state index in [9.17, 15) is 10.1 Å². The van der Waals surface area contributed by atoms with Gasteiger partial charge < -0.3 is 10.1 Å². The molecule has 5 heteroatoms. The smallest absolute Gasteiger partial charge is 0.231 e. The average Bonchev–Trinajstić information content (AvgIpc) is 3.32. The lowest BCUT2D eigenvalue weighted by Gasteiger charge is -2.22. The van der Waals surface area contributed by atoms with E-state index in [-0.39, 0.29) is 5.91 Å². The summed E-state index contributed by atoms with van der Waals surface area (Å²) in [5, 5.41) is 12.1. The van der Waals surface area contributed by atoms with Gasteiger partial charge in [-0.05, 0) is 43.4 Å². The summed E-state index contributed by atoms with van der Waals surface area (Å²) in [7, 11) is 1.64. The molecule has 2 rings (SSSR count). The number of rotatable bonds is 7. The molecular weight excluding hydrogens is 284 g/mol. The van der Waals surface area contributed by atoms with Gasteiger partial charge in [0.2, 0.25) is 5.91 Å². The number of nitriles is 1. The first-order valence-corrected chi connectivity index (χ1v) is 8.16. The van der Waals surface area contributed by atoms with E-state index in [0.717, 1.165) is 29.9 Å². The van der Waals surface area contributed by atoms with Crippen LogP contribution in [-0.4, -0.2) is 24.3 Å². The first-order chi connectivity index (χ1) is 10.1. The minimum atomic E-state index is -0.701. The van der Waals surface area contributed by atoms with Crippen LogP contribution >= 0.6 is 11.8 Å². The van der Waals surface area contributed by atoms with Crippen molar-refractivity contribution in [1.82, 2.24) is 5.32 Å². The number of methoxy groups -OCH3 is 1. The quantitative estimate of drug-likeness (QED) is 0.841. The molecule has 1 amide bonds. The minimum absolute atomic E-state index is 0.0705. The van der Waals surface area contributed by atoms with Gasteiger partial charge in [-0.3, -0.25) is 4.79 Å². The summed E-state index contributed by atoms with van der Waals surface area (Å²) in [6.07, 6.45) is 2.06. The van der Waals surface area contributed by atoms with Gasteiger partial charge in [-0.15, -0.1) is 11.8 Å². The van der Waals surface area contributed by atoms with Crippen molar-refractivity contribution in [2.45, 2.75) is 31.1 Å². The largest absolute Gasteiger partial charge is 0.497 e. The molecular formula is C16H20N2O2S. The molecule has 1 N–H and O–H groups in total. The molecule has 0 aliphatic heterocycles. The zero-order valence-electron chi connectivity index (χ0n) is 12.4. The molecule has 0 bridgehead atoms. The van der Waals surface area contributed by atoms with Crippen LogP contribution in [0.2, 0.25) is 0 Å². The monoisotopic (exact) mass is 304 g/mol. The number of amides is 1. The van der Waals surface area contributed by atoms with Crippen LogP contribution in [0.1, 0.15) is 25.3 Å². The van der Waals surface area contributed by atoms with Crippen LogP contribution in [-0.2, 0) is 10.5 Å². The van der Waals surface area contributed by atoms with E-state index in [1.54, 1.807) is 7.11 Å². The van der Waals surface area contributed by atoms with Crippen molar-refractivity contribution in [3.63, 3.8) is 0 Å². The van der Waals surface area contributed by atoms with Crippen LogP contribution in [0.25, 0.3) is 0 Å². The molecule has 21 heavy (non-hydrogen) atoms. The first kappa shape index (κ1) is 15.7. The summed E-state index contributed by atoms with van der Waals surface area (Å²) in [5.41, 5.74) is 0.422. The van der Waals surface area contributed by atoms with Gasteiger partial charge in [0.1, 0.15) is 11.3 Å². The maximum atomic E-state index is 12.0. The van der Waals surface area contributed by atoms with Crippen molar-refractivity contribution < 1.29 is 9.53 Å². The van der Waals surface area contributed by atoms with Gasteiger partial charge in [-0.1, -0.05) is 12.1 Å². The second-order valence-electron chi connectivity index (χ2n) is 5.48. The Morgan fingerprint density at radius 2 is 2.33 bits per heavy atom. The van der Waals surface area contributed by atoms with Crippen LogP contribution in [0.3, 0.4) is 0 Å². The molecule has 0 aromatic heterocycles. The fourth-order valence-electron chi connectivity index (χ4n) is 2.23. The number of thioether (sulfide) groups is 1. The van der Waals surface area contributed by atoms with Gasteiger partial charge in [0, 0.05) is 5.75 Å². The Bertz CT molecular complexity index is 551. The lowest BCUT2D eigenvalue weighted by Crippen LogP contribution is -2.47. The Balaban J connectivity index is 1.77. The summed E-state index contributed by atoms with van der Waals surface area (Å²) < 4.78 is 5.17. The zero-order chi connectivity index (χ0) is 15.3. The number of carbonyl (C=O) groups excluding carboxylic acids is 1. The molecule has 112 valence electrons. The predicted octanol–water partition coefficient (Wildman–Crippen LogP) is 2.74. The average molecular weight is 304 g/mol. The summed E-state index contributed by atoms with van der Waals surface area (Å²) in [6.45, 7) is 1.81. The van der Waals surface area contributed by atoms with Gasteiger partial charge in [0.25, 0.3) is 0 Å². The Morgan fingerprint density at radius 3 is 2.95 bits per heavy atom. The number of nitrogens with zero attached hydrogens (tertiary/aromatic N) is 1. The Labute approximate surface area is 129 Å². The van der Waals surface area contributed by atoms with Crippen LogP contribution in [0, 0.1) is 17.2 Å². The summed E-state index contributed by atoms with van der Waals surface area (Å²) in [4.78, 5) is 12.0. The Hall–Kier alpha value is -1.67. The van der Waals surface area contributed by atoms with E-state index in [4.69, 9.17) is 4.74 Å². The Kier molecular flexibility index (Phi) is 5.13. The number of carbonyl (C=O) groups is 1. The highest BCUT2D eigenvalue weighted by atomic mass is 32.2. The van der Waals surface area contributed by atoms with Crippen molar-refractivity contribution in [1.29, 1.82) is 5.26 Å². The van der Waals surface area contributed by atoms with Crippen LogP contribution in [0.15, 0.2) is 24.3 Å². The first-order valence-electron chi connectivity index (χ1n) is 7.00. The standard InChI is InChI=1S/C16H20N2O2S/c1-16(11-17,13-6-7-13)18-15(19)10-21-9-12-4-3-5-14(8-12)20-2/h3-5,8,13H,6-7,9-10H2,1-2H3,(H,18,19)/t16-/m0/s1. The molecule has 1 aromatic carbocycles. The van der Waals surface area contributed by atoms with Gasteiger partial charge in [-0.25, -0.2) is 0 Å². The topological polar surface area (TPSA) is 62.1 Å².